The van der Waals surface area contributed by atoms with Gasteiger partial charge in [0.1, 0.15) is 16.6 Å². The molecule has 0 bridgehead atoms. The summed E-state index contributed by atoms with van der Waals surface area (Å²) in [5.74, 6) is 0.455. The lowest BCUT2D eigenvalue weighted by Crippen LogP contribution is -2.49. The second-order valence-electron chi connectivity index (χ2n) is 9.86. The van der Waals surface area contributed by atoms with E-state index in [1.165, 1.54) is 0 Å². The molecule has 9 heteroatoms. The van der Waals surface area contributed by atoms with Crippen molar-refractivity contribution in [2.24, 2.45) is 0 Å². The number of aryl methyl sites for hydroxylation is 1. The van der Waals surface area contributed by atoms with Crippen LogP contribution in [0.3, 0.4) is 0 Å². The van der Waals surface area contributed by atoms with Crippen LogP contribution in [-0.2, 0) is 11.0 Å². The molecule has 1 atom stereocenters. The molecule has 5 rings (SSSR count). The number of aromatic nitrogens is 3. The first kappa shape index (κ1) is 24.1. The van der Waals surface area contributed by atoms with Crippen molar-refractivity contribution in [1.82, 2.24) is 23.7 Å². The molecule has 1 unspecified atom stereocenters. The molecule has 186 valence electrons. The Morgan fingerprint density at radius 1 is 1.06 bits per heavy atom. The lowest BCUT2D eigenvalue weighted by atomic mass is 10.2. The van der Waals surface area contributed by atoms with Crippen LogP contribution in [0, 0.1) is 6.92 Å². The average Bonchev–Trinajstić information content (AvgIpc) is 3.39. The average molecular weight is 495 g/mol. The van der Waals surface area contributed by atoms with E-state index in [1.807, 2.05) is 29.7 Å². The molecule has 3 heterocycles. The number of anilines is 2. The quantitative estimate of drug-likeness (QED) is 0.558. The molecular formula is C26H34N6O2S. The van der Waals surface area contributed by atoms with E-state index in [-0.39, 0.29) is 11.6 Å². The van der Waals surface area contributed by atoms with E-state index < -0.39 is 11.0 Å². The maximum absolute atomic E-state index is 13.2. The van der Waals surface area contributed by atoms with Gasteiger partial charge in [0, 0.05) is 61.6 Å². The molecule has 0 radical (unpaired) electrons. The molecule has 2 aliphatic rings. The van der Waals surface area contributed by atoms with Crippen molar-refractivity contribution in [2.45, 2.75) is 63.4 Å². The zero-order valence-corrected chi connectivity index (χ0v) is 21.6. The third kappa shape index (κ3) is 5.03. The summed E-state index contributed by atoms with van der Waals surface area (Å²) in [6, 6.07) is 9.95. The van der Waals surface area contributed by atoms with Crippen LogP contribution in [0.5, 0.6) is 0 Å². The summed E-state index contributed by atoms with van der Waals surface area (Å²) in [4.78, 5) is 25.1. The Kier molecular flexibility index (Phi) is 7.00. The largest absolute Gasteiger partial charge is 0.324 e. The van der Waals surface area contributed by atoms with Crippen LogP contribution in [0.2, 0.25) is 0 Å². The second kappa shape index (κ2) is 10.2. The van der Waals surface area contributed by atoms with Gasteiger partial charge in [-0.15, -0.1) is 0 Å². The SMILES string of the molecule is Cc1cc(S(=O)N2CCN(C(C)C)CC2)ccc1Nc1ncc2ccc(=O)n(C3CCCC3)c2n1. The third-order valence-corrected chi connectivity index (χ3v) is 8.73. The van der Waals surface area contributed by atoms with E-state index in [0.29, 0.717) is 17.6 Å². The molecule has 3 aromatic rings. The topological polar surface area (TPSA) is 83.4 Å². The van der Waals surface area contributed by atoms with Crippen molar-refractivity contribution in [3.8, 4) is 0 Å². The van der Waals surface area contributed by atoms with E-state index in [1.54, 1.807) is 18.3 Å². The normalized spacial score (nSPS) is 19.0. The fraction of sp³-hybridized carbons (Fsp3) is 0.500. The van der Waals surface area contributed by atoms with Crippen molar-refractivity contribution >= 4 is 33.7 Å². The molecule has 8 nitrogen and oxygen atoms in total. The summed E-state index contributed by atoms with van der Waals surface area (Å²) >= 11 is 0. The van der Waals surface area contributed by atoms with Gasteiger partial charge >= 0.3 is 0 Å². The van der Waals surface area contributed by atoms with E-state index in [9.17, 15) is 9.00 Å². The van der Waals surface area contributed by atoms with Crippen LogP contribution in [0.25, 0.3) is 11.0 Å². The Morgan fingerprint density at radius 3 is 2.49 bits per heavy atom. The summed E-state index contributed by atoms with van der Waals surface area (Å²) < 4.78 is 17.1. The van der Waals surface area contributed by atoms with Crippen molar-refractivity contribution in [1.29, 1.82) is 0 Å². The monoisotopic (exact) mass is 494 g/mol. The molecule has 1 saturated heterocycles. The van der Waals surface area contributed by atoms with Gasteiger partial charge in [-0.25, -0.2) is 13.5 Å². The Hall–Kier alpha value is -2.62. The number of nitrogens with one attached hydrogen (secondary N) is 1. The molecule has 0 amide bonds. The Labute approximate surface area is 209 Å². The lowest BCUT2D eigenvalue weighted by Gasteiger charge is -2.36. The van der Waals surface area contributed by atoms with Gasteiger partial charge in [-0.3, -0.25) is 14.3 Å². The maximum atomic E-state index is 13.2. The molecule has 2 fully saturated rings. The Balaban J connectivity index is 1.35. The molecule has 1 aromatic carbocycles. The van der Waals surface area contributed by atoms with Gasteiger partial charge in [0.15, 0.2) is 0 Å². The summed E-state index contributed by atoms with van der Waals surface area (Å²) in [7, 11) is -1.18. The minimum Gasteiger partial charge on any atom is -0.324 e. The highest BCUT2D eigenvalue weighted by Gasteiger charge is 2.24. The van der Waals surface area contributed by atoms with Crippen LogP contribution >= 0.6 is 0 Å². The van der Waals surface area contributed by atoms with E-state index in [4.69, 9.17) is 4.98 Å². The first-order chi connectivity index (χ1) is 16.9. The Morgan fingerprint density at radius 2 is 1.80 bits per heavy atom. The van der Waals surface area contributed by atoms with E-state index >= 15 is 0 Å². The molecule has 1 aliphatic carbocycles. The number of hydrogen-bond acceptors (Lipinski definition) is 6. The minimum absolute atomic E-state index is 0.00806. The summed E-state index contributed by atoms with van der Waals surface area (Å²) in [6.07, 6.45) is 6.07. The number of piperazine rings is 1. The van der Waals surface area contributed by atoms with Crippen molar-refractivity contribution < 1.29 is 4.21 Å². The van der Waals surface area contributed by atoms with E-state index in [2.05, 4.69) is 33.4 Å². The standard InChI is InChI=1S/C26H34N6O2S/c1-18(2)30-12-14-31(15-13-30)35(34)22-9-10-23(19(3)16-22)28-26-27-17-20-8-11-24(33)32(25(20)29-26)21-6-4-5-7-21/h8-11,16-18,21H,4-7,12-15H2,1-3H3,(H,27,28,29). The number of rotatable bonds is 6. The number of nitrogens with zero attached hydrogens (tertiary/aromatic N) is 5. The summed E-state index contributed by atoms with van der Waals surface area (Å²) in [5.41, 5.74) is 2.51. The van der Waals surface area contributed by atoms with Gasteiger partial charge in [0.25, 0.3) is 5.56 Å². The maximum Gasteiger partial charge on any atom is 0.252 e. The van der Waals surface area contributed by atoms with Crippen LogP contribution in [0.1, 0.15) is 51.1 Å². The summed E-state index contributed by atoms with van der Waals surface area (Å²) in [6.45, 7) is 9.88. The smallest absolute Gasteiger partial charge is 0.252 e. The van der Waals surface area contributed by atoms with Crippen molar-refractivity contribution in [2.75, 3.05) is 31.5 Å². The first-order valence-corrected chi connectivity index (χ1v) is 13.7. The minimum atomic E-state index is -1.18. The molecule has 0 spiro atoms. The number of hydrogen-bond donors (Lipinski definition) is 1. The van der Waals surface area contributed by atoms with Gasteiger partial charge in [-0.05, 0) is 63.4 Å². The highest BCUT2D eigenvalue weighted by molar-refractivity contribution is 7.82. The van der Waals surface area contributed by atoms with Gasteiger partial charge in [-0.2, -0.15) is 4.98 Å². The molecule has 1 N–H and O–H groups in total. The lowest BCUT2D eigenvalue weighted by molar-refractivity contribution is 0.157. The van der Waals surface area contributed by atoms with Crippen molar-refractivity contribution in [3.05, 3.63) is 52.4 Å². The number of pyridine rings is 1. The fourth-order valence-electron chi connectivity index (χ4n) is 5.15. The van der Waals surface area contributed by atoms with Gasteiger partial charge in [0.2, 0.25) is 5.95 Å². The van der Waals surface area contributed by atoms with E-state index in [0.717, 1.165) is 73.4 Å². The van der Waals surface area contributed by atoms with Gasteiger partial charge in [0.05, 0.1) is 4.90 Å². The predicted molar refractivity (Wildman–Crippen MR) is 140 cm³/mol. The number of fused-ring (bicyclic) bond motifs is 1. The molecule has 1 aliphatic heterocycles. The fourth-order valence-corrected chi connectivity index (χ4v) is 6.41. The van der Waals surface area contributed by atoms with Crippen LogP contribution < -0.4 is 10.9 Å². The van der Waals surface area contributed by atoms with Crippen LogP contribution in [-0.4, -0.2) is 60.2 Å². The zero-order chi connectivity index (χ0) is 24.5. The molecule has 1 saturated carbocycles. The predicted octanol–water partition coefficient (Wildman–Crippen LogP) is 4.01. The summed E-state index contributed by atoms with van der Waals surface area (Å²) in [5, 5.41) is 4.17. The molecular weight excluding hydrogens is 460 g/mol. The zero-order valence-electron chi connectivity index (χ0n) is 20.7. The second-order valence-corrected chi connectivity index (χ2v) is 11.3. The number of benzene rings is 1. The van der Waals surface area contributed by atoms with Gasteiger partial charge in [-0.1, -0.05) is 12.8 Å². The highest BCUT2D eigenvalue weighted by Crippen LogP contribution is 2.30. The Bertz CT molecular complexity index is 1290. The first-order valence-electron chi connectivity index (χ1n) is 12.6. The molecule has 2 aromatic heterocycles. The van der Waals surface area contributed by atoms with Crippen LogP contribution in [0.4, 0.5) is 11.6 Å². The highest BCUT2D eigenvalue weighted by atomic mass is 32.2. The van der Waals surface area contributed by atoms with Gasteiger partial charge < -0.3 is 5.32 Å². The molecule has 35 heavy (non-hydrogen) atoms. The van der Waals surface area contributed by atoms with Crippen LogP contribution in [0.15, 0.2) is 46.2 Å². The third-order valence-electron chi connectivity index (χ3n) is 7.24. The van der Waals surface area contributed by atoms with Crippen molar-refractivity contribution in [3.63, 3.8) is 0 Å².